The lowest BCUT2D eigenvalue weighted by atomic mass is 9.92. The monoisotopic (exact) mass is 542 g/mol. The first-order chi connectivity index (χ1) is 18.2. The molecule has 0 radical (unpaired) electrons. The fourth-order valence-corrected chi connectivity index (χ4v) is 4.22. The molecule has 39 heavy (non-hydrogen) atoms. The fraction of sp³-hybridized carbons (Fsp3) is 0.533. The maximum atomic E-state index is 13.2. The van der Waals surface area contributed by atoms with Gasteiger partial charge in [-0.2, -0.15) is 0 Å². The summed E-state index contributed by atoms with van der Waals surface area (Å²) in [5, 5.41) is 7.55. The van der Waals surface area contributed by atoms with E-state index in [1.807, 2.05) is 44.2 Å². The van der Waals surface area contributed by atoms with Crippen molar-refractivity contribution in [3.63, 3.8) is 0 Å². The molecule has 3 atom stereocenters. The minimum Gasteiger partial charge on any atom is -0.460 e. The normalized spacial score (nSPS) is 14.1. The smallest absolute Gasteiger partial charge is 0.308 e. The van der Waals surface area contributed by atoms with E-state index in [1.54, 1.807) is 39.8 Å². The predicted octanol–water partition coefficient (Wildman–Crippen LogP) is 4.03. The fourth-order valence-electron chi connectivity index (χ4n) is 4.22. The number of carbonyl (C=O) groups excluding carboxylic acids is 4. The zero-order valence-electron chi connectivity index (χ0n) is 24.2. The third-order valence-corrected chi connectivity index (χ3v) is 6.19. The summed E-state index contributed by atoms with van der Waals surface area (Å²) in [6.07, 6.45) is -1.17. The topological polar surface area (TPSA) is 120 Å². The molecule has 0 aromatic heterocycles. The summed E-state index contributed by atoms with van der Waals surface area (Å²) in [5.41, 5.74) is -0.238. The summed E-state index contributed by atoms with van der Waals surface area (Å²) in [6.45, 7) is 10.6. The lowest BCUT2D eigenvalue weighted by Crippen LogP contribution is -2.49. The van der Waals surface area contributed by atoms with Crippen molar-refractivity contribution in [1.82, 2.24) is 10.6 Å². The number of methoxy groups -OCH3 is 2. The van der Waals surface area contributed by atoms with Gasteiger partial charge < -0.3 is 24.8 Å². The van der Waals surface area contributed by atoms with Crippen molar-refractivity contribution in [1.29, 1.82) is 0 Å². The Balaban J connectivity index is 2.07. The second-order valence-electron chi connectivity index (χ2n) is 11.1. The molecule has 2 aromatic carbocycles. The van der Waals surface area contributed by atoms with Gasteiger partial charge in [0.2, 0.25) is 5.91 Å². The quantitative estimate of drug-likeness (QED) is 0.290. The van der Waals surface area contributed by atoms with Gasteiger partial charge >= 0.3 is 5.97 Å². The molecule has 0 fully saturated rings. The number of hydrogen-bond donors (Lipinski definition) is 2. The van der Waals surface area contributed by atoms with Crippen LogP contribution < -0.4 is 10.6 Å². The number of esters is 1. The number of fused-ring (bicyclic) bond motifs is 1. The molecule has 0 aliphatic rings. The van der Waals surface area contributed by atoms with Crippen molar-refractivity contribution in [3.05, 3.63) is 48.0 Å². The van der Waals surface area contributed by atoms with Crippen LogP contribution in [0.1, 0.15) is 64.7 Å². The van der Waals surface area contributed by atoms with Gasteiger partial charge in [0.25, 0.3) is 5.91 Å². The van der Waals surface area contributed by atoms with E-state index in [-0.39, 0.29) is 30.4 Å². The predicted molar refractivity (Wildman–Crippen MR) is 149 cm³/mol. The number of amides is 2. The van der Waals surface area contributed by atoms with E-state index in [4.69, 9.17) is 14.2 Å². The molecular weight excluding hydrogens is 500 g/mol. The molecular formula is C30H42N2O7. The molecule has 2 aromatic rings. The van der Waals surface area contributed by atoms with Crippen LogP contribution in [0.25, 0.3) is 10.8 Å². The number of nitrogens with one attached hydrogen (secondary N) is 2. The minimum absolute atomic E-state index is 0.101. The highest BCUT2D eigenvalue weighted by molar-refractivity contribution is 6.01. The Bertz CT molecular complexity index is 1150. The van der Waals surface area contributed by atoms with E-state index in [1.165, 1.54) is 14.2 Å². The summed E-state index contributed by atoms with van der Waals surface area (Å²) in [6, 6.07) is 11.5. The molecule has 0 aliphatic heterocycles. The number of ether oxygens (including phenoxy) is 3. The van der Waals surface area contributed by atoms with Gasteiger partial charge in [0.15, 0.2) is 12.1 Å². The molecule has 9 heteroatoms. The first-order valence-electron chi connectivity index (χ1n) is 13.2. The largest absolute Gasteiger partial charge is 0.460 e. The highest BCUT2D eigenvalue weighted by Crippen LogP contribution is 2.18. The summed E-state index contributed by atoms with van der Waals surface area (Å²) in [7, 11) is 2.81. The van der Waals surface area contributed by atoms with E-state index in [0.717, 1.165) is 10.8 Å². The van der Waals surface area contributed by atoms with Gasteiger partial charge in [-0.1, -0.05) is 51.1 Å². The van der Waals surface area contributed by atoms with E-state index >= 15 is 0 Å². The molecule has 2 amide bonds. The van der Waals surface area contributed by atoms with Crippen LogP contribution in [0.5, 0.6) is 0 Å². The second-order valence-corrected chi connectivity index (χ2v) is 11.1. The van der Waals surface area contributed by atoms with Crippen molar-refractivity contribution < 1.29 is 33.4 Å². The van der Waals surface area contributed by atoms with E-state index in [9.17, 15) is 19.2 Å². The number of Topliss-reactive ketones (excluding diaryl/α,β-unsaturated/α-hetero) is 1. The molecule has 2 rings (SSSR count). The standard InChI is InChI=1S/C30H42N2O7/c1-18(2)26(32-28(36)22-14-13-20-11-9-10-12-21(20)16-22)24(33)15-19(3)27(35)31-23(29(37-7)38-8)17-25(34)39-30(4,5)6/h9-14,16,18-19,23,26,29H,15,17H2,1-8H3,(H,31,35)(H,32,36)/t19-,23+,26+/m1/s1. The van der Waals surface area contributed by atoms with Gasteiger partial charge in [0.05, 0.1) is 18.5 Å². The molecule has 0 heterocycles. The van der Waals surface area contributed by atoms with Crippen molar-refractivity contribution in [3.8, 4) is 0 Å². The summed E-state index contributed by atoms with van der Waals surface area (Å²) < 4.78 is 15.9. The number of benzene rings is 2. The molecule has 0 bridgehead atoms. The highest BCUT2D eigenvalue weighted by Gasteiger charge is 2.32. The molecule has 0 saturated carbocycles. The van der Waals surface area contributed by atoms with Gasteiger partial charge in [-0.3, -0.25) is 19.2 Å². The zero-order chi connectivity index (χ0) is 29.3. The van der Waals surface area contributed by atoms with Crippen molar-refractivity contribution in [2.24, 2.45) is 11.8 Å². The maximum absolute atomic E-state index is 13.2. The number of hydrogen-bond acceptors (Lipinski definition) is 7. The maximum Gasteiger partial charge on any atom is 0.308 e. The Morgan fingerprint density at radius 2 is 1.46 bits per heavy atom. The van der Waals surface area contributed by atoms with Crippen LogP contribution >= 0.6 is 0 Å². The average Bonchev–Trinajstić information content (AvgIpc) is 2.85. The van der Waals surface area contributed by atoms with Gasteiger partial charge in [-0.15, -0.1) is 0 Å². The molecule has 0 spiro atoms. The third-order valence-electron chi connectivity index (χ3n) is 6.19. The van der Waals surface area contributed by atoms with E-state index < -0.39 is 41.8 Å². The molecule has 214 valence electrons. The van der Waals surface area contributed by atoms with Crippen LogP contribution in [0.3, 0.4) is 0 Å². The summed E-state index contributed by atoms with van der Waals surface area (Å²) in [4.78, 5) is 51.7. The average molecular weight is 543 g/mol. The van der Waals surface area contributed by atoms with Crippen molar-refractivity contribution >= 4 is 34.3 Å². The molecule has 0 unspecified atom stereocenters. The van der Waals surface area contributed by atoms with Crippen LogP contribution in [-0.2, 0) is 28.6 Å². The van der Waals surface area contributed by atoms with Crippen LogP contribution in [0.15, 0.2) is 42.5 Å². The summed E-state index contributed by atoms with van der Waals surface area (Å²) >= 11 is 0. The molecule has 2 N–H and O–H groups in total. The Morgan fingerprint density at radius 1 is 0.846 bits per heavy atom. The van der Waals surface area contributed by atoms with E-state index in [2.05, 4.69) is 10.6 Å². The lowest BCUT2D eigenvalue weighted by Gasteiger charge is -2.28. The number of ketones is 1. The lowest BCUT2D eigenvalue weighted by molar-refractivity contribution is -0.163. The molecule has 9 nitrogen and oxygen atoms in total. The van der Waals surface area contributed by atoms with Crippen LogP contribution in [0, 0.1) is 11.8 Å². The van der Waals surface area contributed by atoms with Gasteiger partial charge in [-0.25, -0.2) is 0 Å². The number of rotatable bonds is 13. The number of carbonyl (C=O) groups is 4. The van der Waals surface area contributed by atoms with Crippen molar-refractivity contribution in [2.45, 2.75) is 78.4 Å². The Morgan fingerprint density at radius 3 is 2.03 bits per heavy atom. The Kier molecular flexibility index (Phi) is 11.6. The third kappa shape index (κ3) is 9.75. The van der Waals surface area contributed by atoms with Crippen LogP contribution in [0.4, 0.5) is 0 Å². The Labute approximate surface area is 230 Å². The van der Waals surface area contributed by atoms with E-state index in [0.29, 0.717) is 5.56 Å². The minimum atomic E-state index is -0.894. The second kappa shape index (κ2) is 14.2. The first kappa shape index (κ1) is 31.9. The van der Waals surface area contributed by atoms with Gasteiger partial charge in [0, 0.05) is 32.1 Å². The van der Waals surface area contributed by atoms with Gasteiger partial charge in [-0.05, 0) is 49.6 Å². The van der Waals surface area contributed by atoms with Crippen molar-refractivity contribution in [2.75, 3.05) is 14.2 Å². The van der Waals surface area contributed by atoms with Gasteiger partial charge in [0.1, 0.15) is 5.60 Å². The van der Waals surface area contributed by atoms with Crippen LogP contribution in [-0.4, -0.2) is 61.8 Å². The molecule has 0 aliphatic carbocycles. The zero-order valence-corrected chi connectivity index (χ0v) is 24.2. The highest BCUT2D eigenvalue weighted by atomic mass is 16.7. The molecule has 0 saturated heterocycles. The van der Waals surface area contributed by atoms with Crippen LogP contribution in [0.2, 0.25) is 0 Å². The Hall–Kier alpha value is -3.30. The summed E-state index contributed by atoms with van der Waals surface area (Å²) in [5.74, 6) is -2.51. The SMILES string of the molecule is COC(OC)[C@H](CC(=O)OC(C)(C)C)NC(=O)[C@H](C)CC(=O)[C@@H](NC(=O)c1ccc2ccccc2c1)C(C)C. The first-order valence-corrected chi connectivity index (χ1v) is 13.2.